The van der Waals surface area contributed by atoms with E-state index in [1.54, 1.807) is 18.2 Å². The molecular formula is C21H19Br3O. The summed E-state index contributed by atoms with van der Waals surface area (Å²) in [4.78, 5) is 0. The third-order valence-corrected chi connectivity index (χ3v) is 5.60. The maximum Gasteiger partial charge on any atom is 0.129 e. The van der Waals surface area contributed by atoms with E-state index in [0.717, 1.165) is 13.4 Å². The molecule has 0 fully saturated rings. The van der Waals surface area contributed by atoms with Crippen LogP contribution in [-0.2, 0) is 5.41 Å². The summed E-state index contributed by atoms with van der Waals surface area (Å²) < 4.78 is 2.98. The lowest BCUT2D eigenvalue weighted by Gasteiger charge is -2.26. The van der Waals surface area contributed by atoms with Gasteiger partial charge in [0, 0.05) is 14.4 Å². The van der Waals surface area contributed by atoms with Gasteiger partial charge in [-0.15, -0.1) is 0 Å². The number of halogens is 3. The predicted octanol–water partition coefficient (Wildman–Crippen LogP) is 7.69. The molecule has 0 saturated heterocycles. The van der Waals surface area contributed by atoms with E-state index in [4.69, 9.17) is 5.11 Å². The zero-order valence-electron chi connectivity index (χ0n) is 14.0. The van der Waals surface area contributed by atoms with E-state index < -0.39 is 0 Å². The molecule has 0 aliphatic carbocycles. The number of aromatic hydroxyl groups is 1. The molecule has 3 aromatic rings. The van der Waals surface area contributed by atoms with Crippen molar-refractivity contribution < 1.29 is 5.11 Å². The van der Waals surface area contributed by atoms with Gasteiger partial charge in [0.15, 0.2) is 0 Å². The number of hydrogen-bond donors (Lipinski definition) is 1. The average Bonchev–Trinajstić information content (AvgIpc) is 2.58. The van der Waals surface area contributed by atoms with E-state index in [-0.39, 0.29) is 11.2 Å². The molecule has 1 nitrogen and oxygen atoms in total. The molecule has 130 valence electrons. The summed E-state index contributed by atoms with van der Waals surface area (Å²) in [6, 6.07) is 24.0. The maximum absolute atomic E-state index is 8.87. The Morgan fingerprint density at radius 2 is 1.16 bits per heavy atom. The fourth-order valence-corrected chi connectivity index (χ4v) is 3.46. The van der Waals surface area contributed by atoms with Crippen LogP contribution in [0.3, 0.4) is 0 Å². The lowest BCUT2D eigenvalue weighted by atomic mass is 9.78. The number of phenols is 1. The van der Waals surface area contributed by atoms with Crippen LogP contribution in [0.15, 0.2) is 86.2 Å². The number of benzene rings is 3. The van der Waals surface area contributed by atoms with Gasteiger partial charge >= 0.3 is 0 Å². The van der Waals surface area contributed by atoms with Gasteiger partial charge in [-0.05, 0) is 63.5 Å². The van der Waals surface area contributed by atoms with Crippen molar-refractivity contribution in [3.05, 3.63) is 97.3 Å². The second-order valence-electron chi connectivity index (χ2n) is 6.10. The van der Waals surface area contributed by atoms with Crippen molar-refractivity contribution >= 4 is 47.8 Å². The van der Waals surface area contributed by atoms with E-state index in [1.165, 1.54) is 11.1 Å². The Morgan fingerprint density at radius 1 is 0.680 bits per heavy atom. The van der Waals surface area contributed by atoms with Gasteiger partial charge in [-0.3, -0.25) is 0 Å². The van der Waals surface area contributed by atoms with Gasteiger partial charge in [0.05, 0.1) is 4.47 Å². The topological polar surface area (TPSA) is 20.2 Å². The van der Waals surface area contributed by atoms with Crippen LogP contribution in [0.4, 0.5) is 0 Å². The molecule has 0 spiro atoms. The first kappa shape index (κ1) is 20.2. The van der Waals surface area contributed by atoms with Crippen molar-refractivity contribution in [1.82, 2.24) is 0 Å². The molecule has 0 aliphatic rings. The van der Waals surface area contributed by atoms with Crippen LogP contribution in [0.1, 0.15) is 25.0 Å². The minimum Gasteiger partial charge on any atom is -0.507 e. The third kappa shape index (κ3) is 5.70. The van der Waals surface area contributed by atoms with Crippen LogP contribution < -0.4 is 0 Å². The number of rotatable bonds is 2. The Bertz CT molecular complexity index is 775. The summed E-state index contributed by atoms with van der Waals surface area (Å²) in [7, 11) is 0. The molecule has 0 radical (unpaired) electrons. The Hall–Kier alpha value is -1.10. The summed E-state index contributed by atoms with van der Waals surface area (Å²) in [6.45, 7) is 4.49. The van der Waals surface area contributed by atoms with Crippen LogP contribution in [-0.4, -0.2) is 5.11 Å². The molecular weight excluding hydrogens is 508 g/mol. The molecule has 0 aromatic heterocycles. The summed E-state index contributed by atoms with van der Waals surface area (Å²) in [5.41, 5.74) is 2.63. The molecule has 0 amide bonds. The fraction of sp³-hybridized carbons (Fsp3) is 0.143. The van der Waals surface area contributed by atoms with Crippen molar-refractivity contribution in [2.45, 2.75) is 19.3 Å². The average molecular weight is 527 g/mol. The molecule has 0 saturated carbocycles. The molecule has 0 bridgehead atoms. The van der Waals surface area contributed by atoms with Crippen molar-refractivity contribution in [2.75, 3.05) is 0 Å². The van der Waals surface area contributed by atoms with E-state index >= 15 is 0 Å². The van der Waals surface area contributed by atoms with E-state index in [9.17, 15) is 0 Å². The minimum atomic E-state index is 0.00750. The molecule has 3 rings (SSSR count). The fourth-order valence-electron chi connectivity index (χ4n) is 2.37. The zero-order valence-corrected chi connectivity index (χ0v) is 18.8. The Kier molecular flexibility index (Phi) is 7.29. The molecule has 25 heavy (non-hydrogen) atoms. The van der Waals surface area contributed by atoms with Gasteiger partial charge in [-0.1, -0.05) is 82.1 Å². The van der Waals surface area contributed by atoms with Crippen LogP contribution >= 0.6 is 47.8 Å². The van der Waals surface area contributed by atoms with Crippen LogP contribution in [0.25, 0.3) is 0 Å². The first-order valence-corrected chi connectivity index (χ1v) is 10.1. The zero-order chi connectivity index (χ0) is 18.4. The standard InChI is InChI=1S/C15H14Br2.C6H5BrO/c1-15(2,11-5-3-7-13(16)9-11)12-6-4-8-14(17)10-12;7-5-3-1-2-4-6(5)8/h3-10H,1-2H3;1-4,8H. The highest BCUT2D eigenvalue weighted by Crippen LogP contribution is 2.33. The van der Waals surface area contributed by atoms with Crippen molar-refractivity contribution in [1.29, 1.82) is 0 Å². The first-order chi connectivity index (χ1) is 11.8. The predicted molar refractivity (Wildman–Crippen MR) is 116 cm³/mol. The number of hydrogen-bond acceptors (Lipinski definition) is 1. The second kappa shape index (κ2) is 9.02. The highest BCUT2D eigenvalue weighted by Gasteiger charge is 2.23. The number of phenolic OH excluding ortho intramolecular Hbond substituents is 1. The number of para-hydroxylation sites is 1. The lowest BCUT2D eigenvalue weighted by Crippen LogP contribution is -2.18. The van der Waals surface area contributed by atoms with Gasteiger partial charge in [0.1, 0.15) is 5.75 Å². The van der Waals surface area contributed by atoms with Gasteiger partial charge in [-0.25, -0.2) is 0 Å². The van der Waals surface area contributed by atoms with Crippen LogP contribution in [0, 0.1) is 0 Å². The Balaban J connectivity index is 0.000000236. The van der Waals surface area contributed by atoms with Crippen molar-refractivity contribution in [3.8, 4) is 5.75 Å². The monoisotopic (exact) mass is 524 g/mol. The molecule has 3 aromatic carbocycles. The summed E-state index contributed by atoms with van der Waals surface area (Å²) in [6.07, 6.45) is 0. The largest absolute Gasteiger partial charge is 0.507 e. The molecule has 1 N–H and O–H groups in total. The smallest absolute Gasteiger partial charge is 0.129 e. The molecule has 0 unspecified atom stereocenters. The normalized spacial score (nSPS) is 10.8. The molecule has 0 heterocycles. The SMILES string of the molecule is CC(C)(c1cccc(Br)c1)c1cccc(Br)c1.Oc1ccccc1Br. The quantitative estimate of drug-likeness (QED) is 0.363. The van der Waals surface area contributed by atoms with Crippen LogP contribution in [0.2, 0.25) is 0 Å². The highest BCUT2D eigenvalue weighted by atomic mass is 79.9. The summed E-state index contributed by atoms with van der Waals surface area (Å²) in [5, 5.41) is 8.87. The van der Waals surface area contributed by atoms with Gasteiger partial charge < -0.3 is 5.11 Å². The van der Waals surface area contributed by atoms with Gasteiger partial charge in [-0.2, -0.15) is 0 Å². The van der Waals surface area contributed by atoms with Crippen molar-refractivity contribution in [2.24, 2.45) is 0 Å². The minimum absolute atomic E-state index is 0.00750. The summed E-state index contributed by atoms with van der Waals surface area (Å²) in [5.74, 6) is 0.285. The molecule has 4 heteroatoms. The molecule has 0 atom stereocenters. The maximum atomic E-state index is 8.87. The van der Waals surface area contributed by atoms with E-state index in [2.05, 4.69) is 110 Å². The van der Waals surface area contributed by atoms with Gasteiger partial charge in [0.25, 0.3) is 0 Å². The Labute approximate surface area is 174 Å². The third-order valence-electron chi connectivity index (χ3n) is 3.95. The van der Waals surface area contributed by atoms with E-state index in [1.807, 2.05) is 6.07 Å². The van der Waals surface area contributed by atoms with Crippen molar-refractivity contribution in [3.63, 3.8) is 0 Å². The lowest BCUT2D eigenvalue weighted by molar-refractivity contribution is 0.472. The second-order valence-corrected chi connectivity index (χ2v) is 8.78. The van der Waals surface area contributed by atoms with E-state index in [0.29, 0.717) is 0 Å². The highest BCUT2D eigenvalue weighted by molar-refractivity contribution is 9.11. The first-order valence-electron chi connectivity index (χ1n) is 7.76. The van der Waals surface area contributed by atoms with Crippen LogP contribution in [0.5, 0.6) is 5.75 Å². The Morgan fingerprint density at radius 3 is 1.52 bits per heavy atom. The van der Waals surface area contributed by atoms with Gasteiger partial charge in [0.2, 0.25) is 0 Å². The summed E-state index contributed by atoms with van der Waals surface area (Å²) >= 11 is 10.2. The molecule has 0 aliphatic heterocycles.